The van der Waals surface area contributed by atoms with Crippen LogP contribution in [-0.2, 0) is 6.42 Å². The van der Waals surface area contributed by atoms with Crippen LogP contribution in [0.15, 0.2) is 48.5 Å². The first-order valence-electron chi connectivity index (χ1n) is 7.46. The van der Waals surface area contributed by atoms with Crippen LogP contribution in [0.2, 0.25) is 0 Å². The van der Waals surface area contributed by atoms with Crippen molar-refractivity contribution in [3.05, 3.63) is 65.2 Å². The number of nitrogens with zero attached hydrogens (tertiary/aromatic N) is 1. The first kappa shape index (κ1) is 14.3. The van der Waals surface area contributed by atoms with Gasteiger partial charge in [-0.2, -0.15) is 0 Å². The highest BCUT2D eigenvalue weighted by Gasteiger charge is 2.34. The summed E-state index contributed by atoms with van der Waals surface area (Å²) in [6, 6.07) is 15.1. The smallest absolute Gasteiger partial charge is 0.261 e. The number of nitrogen functional groups attached to an aromatic ring is 1. The molecule has 1 aliphatic heterocycles. The van der Waals surface area contributed by atoms with Crippen LogP contribution in [0.4, 0.5) is 5.69 Å². The second-order valence-corrected chi connectivity index (χ2v) is 5.51. The van der Waals surface area contributed by atoms with E-state index in [-0.39, 0.29) is 11.8 Å². The molecule has 0 unspecified atom stereocenters. The van der Waals surface area contributed by atoms with Crippen molar-refractivity contribution < 1.29 is 9.59 Å². The molecule has 1 heterocycles. The average molecular weight is 294 g/mol. The first-order valence-corrected chi connectivity index (χ1v) is 7.46. The number of hydrogen-bond donors (Lipinski definition) is 1. The molecule has 0 saturated carbocycles. The summed E-state index contributed by atoms with van der Waals surface area (Å²) in [4.78, 5) is 25.8. The van der Waals surface area contributed by atoms with E-state index in [0.717, 1.165) is 19.3 Å². The van der Waals surface area contributed by atoms with Crippen molar-refractivity contribution in [1.29, 1.82) is 0 Å². The number of rotatable bonds is 5. The van der Waals surface area contributed by atoms with Crippen LogP contribution >= 0.6 is 0 Å². The molecule has 0 atom stereocenters. The van der Waals surface area contributed by atoms with Gasteiger partial charge in [-0.1, -0.05) is 30.3 Å². The molecule has 1 aliphatic rings. The zero-order valence-corrected chi connectivity index (χ0v) is 12.3. The van der Waals surface area contributed by atoms with E-state index >= 15 is 0 Å². The van der Waals surface area contributed by atoms with Gasteiger partial charge in [-0.3, -0.25) is 14.5 Å². The van der Waals surface area contributed by atoms with Gasteiger partial charge >= 0.3 is 0 Å². The topological polar surface area (TPSA) is 63.4 Å². The molecule has 2 aromatic carbocycles. The molecule has 0 radical (unpaired) electrons. The number of fused-ring (bicyclic) bond motifs is 1. The lowest BCUT2D eigenvalue weighted by atomic mass is 10.1. The summed E-state index contributed by atoms with van der Waals surface area (Å²) < 4.78 is 0. The minimum absolute atomic E-state index is 0.209. The van der Waals surface area contributed by atoms with Crippen molar-refractivity contribution in [3.63, 3.8) is 0 Å². The van der Waals surface area contributed by atoms with E-state index in [4.69, 9.17) is 5.73 Å². The predicted octanol–water partition coefficient (Wildman–Crippen LogP) is 2.89. The minimum Gasteiger partial charge on any atom is -0.399 e. The molecular weight excluding hydrogens is 276 g/mol. The Bertz CT molecular complexity index is 710. The maximum Gasteiger partial charge on any atom is 0.261 e. The molecule has 2 amide bonds. The van der Waals surface area contributed by atoms with Crippen molar-refractivity contribution >= 4 is 17.5 Å². The first-order chi connectivity index (χ1) is 10.7. The van der Waals surface area contributed by atoms with Gasteiger partial charge in [0.25, 0.3) is 11.8 Å². The molecule has 4 heteroatoms. The molecule has 112 valence electrons. The van der Waals surface area contributed by atoms with Gasteiger partial charge in [-0.15, -0.1) is 0 Å². The van der Waals surface area contributed by atoms with E-state index in [2.05, 4.69) is 12.1 Å². The lowest BCUT2D eigenvalue weighted by Crippen LogP contribution is -2.30. The van der Waals surface area contributed by atoms with Crippen LogP contribution in [0, 0.1) is 0 Å². The fraction of sp³-hybridized carbons (Fsp3) is 0.222. The van der Waals surface area contributed by atoms with Gasteiger partial charge < -0.3 is 5.73 Å². The van der Waals surface area contributed by atoms with Gasteiger partial charge in [0.1, 0.15) is 0 Å². The molecule has 0 fully saturated rings. The molecule has 0 bridgehead atoms. The van der Waals surface area contributed by atoms with Gasteiger partial charge in [0.05, 0.1) is 11.1 Å². The molecule has 4 nitrogen and oxygen atoms in total. The summed E-state index contributed by atoms with van der Waals surface area (Å²) in [5.74, 6) is -0.438. The van der Waals surface area contributed by atoms with Gasteiger partial charge in [0.15, 0.2) is 0 Å². The molecule has 3 rings (SSSR count). The third-order valence-electron chi connectivity index (χ3n) is 3.93. The fourth-order valence-corrected chi connectivity index (χ4v) is 2.76. The monoisotopic (exact) mass is 294 g/mol. The van der Waals surface area contributed by atoms with E-state index < -0.39 is 0 Å². The minimum atomic E-state index is -0.230. The Morgan fingerprint density at radius 1 is 0.864 bits per heavy atom. The fourth-order valence-electron chi connectivity index (χ4n) is 2.76. The highest BCUT2D eigenvalue weighted by Crippen LogP contribution is 2.25. The van der Waals surface area contributed by atoms with Crippen LogP contribution < -0.4 is 5.73 Å². The average Bonchev–Trinajstić information content (AvgIpc) is 2.76. The second kappa shape index (κ2) is 6.02. The molecule has 0 aromatic heterocycles. The zero-order valence-electron chi connectivity index (χ0n) is 12.3. The highest BCUT2D eigenvalue weighted by atomic mass is 16.2. The zero-order chi connectivity index (χ0) is 15.5. The number of amides is 2. The lowest BCUT2D eigenvalue weighted by molar-refractivity contribution is 0.0652. The lowest BCUT2D eigenvalue weighted by Gasteiger charge is -2.13. The van der Waals surface area contributed by atoms with E-state index in [1.807, 2.05) is 18.2 Å². The normalized spacial score (nSPS) is 13.5. The summed E-state index contributed by atoms with van der Waals surface area (Å²) in [6.07, 6.45) is 2.70. The number of benzene rings is 2. The number of unbranched alkanes of at least 4 members (excludes halogenated alkanes) is 1. The standard InChI is InChI=1S/C18H18N2O2/c19-14-9-10-15-16(12-14)18(22)20(17(15)21)11-5-4-8-13-6-2-1-3-7-13/h1-3,6-7,9-10,12H,4-5,8,11,19H2. The Hall–Kier alpha value is -2.62. The third kappa shape index (κ3) is 2.72. The Balaban J connectivity index is 1.58. The Morgan fingerprint density at radius 3 is 2.36 bits per heavy atom. The Labute approximate surface area is 129 Å². The molecule has 2 aromatic rings. The number of aryl methyl sites for hydroxylation is 1. The summed E-state index contributed by atoms with van der Waals surface area (Å²) in [5.41, 5.74) is 8.35. The van der Waals surface area contributed by atoms with Crippen molar-refractivity contribution in [3.8, 4) is 0 Å². The van der Waals surface area contributed by atoms with Crippen LogP contribution in [0.25, 0.3) is 0 Å². The second-order valence-electron chi connectivity index (χ2n) is 5.51. The summed E-state index contributed by atoms with van der Waals surface area (Å²) >= 11 is 0. The van der Waals surface area contributed by atoms with Gasteiger partial charge in [-0.25, -0.2) is 0 Å². The molecule has 0 spiro atoms. The summed E-state index contributed by atoms with van der Waals surface area (Å²) in [7, 11) is 0. The predicted molar refractivity (Wildman–Crippen MR) is 85.6 cm³/mol. The largest absolute Gasteiger partial charge is 0.399 e. The summed E-state index contributed by atoms with van der Waals surface area (Å²) in [6.45, 7) is 0.457. The summed E-state index contributed by atoms with van der Waals surface area (Å²) in [5, 5.41) is 0. The number of imide groups is 1. The van der Waals surface area contributed by atoms with E-state index in [0.29, 0.717) is 23.4 Å². The maximum atomic E-state index is 12.3. The van der Waals surface area contributed by atoms with Crippen molar-refractivity contribution in [2.45, 2.75) is 19.3 Å². The van der Waals surface area contributed by atoms with Crippen LogP contribution in [0.5, 0.6) is 0 Å². The number of anilines is 1. The van der Waals surface area contributed by atoms with Crippen molar-refractivity contribution in [2.24, 2.45) is 0 Å². The van der Waals surface area contributed by atoms with Crippen LogP contribution in [0.3, 0.4) is 0 Å². The molecule has 2 N–H and O–H groups in total. The van der Waals surface area contributed by atoms with E-state index in [9.17, 15) is 9.59 Å². The molecule has 0 aliphatic carbocycles. The van der Waals surface area contributed by atoms with Gasteiger partial charge in [0.2, 0.25) is 0 Å². The van der Waals surface area contributed by atoms with Gasteiger partial charge in [-0.05, 0) is 43.0 Å². The number of carbonyl (C=O) groups excluding carboxylic acids is 2. The van der Waals surface area contributed by atoms with E-state index in [1.54, 1.807) is 18.2 Å². The van der Waals surface area contributed by atoms with E-state index in [1.165, 1.54) is 10.5 Å². The van der Waals surface area contributed by atoms with Gasteiger partial charge in [0, 0.05) is 12.2 Å². The number of nitrogens with two attached hydrogens (primary N) is 1. The Kier molecular flexibility index (Phi) is 3.92. The quantitative estimate of drug-likeness (QED) is 0.524. The Morgan fingerprint density at radius 2 is 1.59 bits per heavy atom. The molecule has 0 saturated heterocycles. The van der Waals surface area contributed by atoms with Crippen molar-refractivity contribution in [2.75, 3.05) is 12.3 Å². The SMILES string of the molecule is Nc1ccc2c(c1)C(=O)N(CCCCc1ccccc1)C2=O. The van der Waals surface area contributed by atoms with Crippen LogP contribution in [-0.4, -0.2) is 23.3 Å². The van der Waals surface area contributed by atoms with Crippen LogP contribution in [0.1, 0.15) is 39.1 Å². The highest BCUT2D eigenvalue weighted by molar-refractivity contribution is 6.21. The number of carbonyl (C=O) groups is 2. The molecular formula is C18H18N2O2. The number of hydrogen-bond acceptors (Lipinski definition) is 3. The maximum absolute atomic E-state index is 12.3. The third-order valence-corrected chi connectivity index (χ3v) is 3.93. The van der Waals surface area contributed by atoms with Crippen molar-refractivity contribution in [1.82, 2.24) is 4.90 Å². The molecule has 22 heavy (non-hydrogen) atoms.